The maximum absolute atomic E-state index is 13.6. The summed E-state index contributed by atoms with van der Waals surface area (Å²) in [5.74, 6) is -0.337. The lowest BCUT2D eigenvalue weighted by Crippen LogP contribution is -2.29. The lowest BCUT2D eigenvalue weighted by atomic mass is 9.97. The molecule has 160 valence electrons. The van der Waals surface area contributed by atoms with Gasteiger partial charge in [-0.05, 0) is 64.0 Å². The van der Waals surface area contributed by atoms with Crippen LogP contribution in [-0.2, 0) is 0 Å². The number of para-hydroxylation sites is 1. The van der Waals surface area contributed by atoms with Crippen LogP contribution in [0.3, 0.4) is 0 Å². The first kappa shape index (κ1) is 20.6. The Bertz CT molecular complexity index is 1450. The average molecular weight is 513 g/mol. The summed E-state index contributed by atoms with van der Waals surface area (Å²) >= 11 is 9.45. The number of carbonyl (C=O) groups excluding carboxylic acids is 1. The lowest BCUT2D eigenvalue weighted by Gasteiger charge is -2.26. The Labute approximate surface area is 195 Å². The number of benzene rings is 3. The number of nitrogens with zero attached hydrogens (tertiary/aromatic N) is 1. The molecule has 32 heavy (non-hydrogen) atoms. The monoisotopic (exact) mass is 511 g/mol. The molecule has 5 rings (SSSR count). The molecule has 0 saturated carbocycles. The van der Waals surface area contributed by atoms with Gasteiger partial charge in [-0.1, -0.05) is 29.8 Å². The highest BCUT2D eigenvalue weighted by molar-refractivity contribution is 9.10. The van der Waals surface area contributed by atoms with Crippen LogP contribution in [0, 0.1) is 0 Å². The van der Waals surface area contributed by atoms with Gasteiger partial charge >= 0.3 is 0 Å². The van der Waals surface area contributed by atoms with E-state index in [1.54, 1.807) is 36.4 Å². The molecule has 3 aromatic carbocycles. The number of hydrogen-bond acceptors (Lipinski definition) is 5. The van der Waals surface area contributed by atoms with Crippen molar-refractivity contribution >= 4 is 50.1 Å². The molecule has 1 aliphatic rings. The van der Waals surface area contributed by atoms with Gasteiger partial charge in [0, 0.05) is 10.7 Å². The molecule has 0 fully saturated rings. The van der Waals surface area contributed by atoms with E-state index in [9.17, 15) is 14.7 Å². The number of carbonyl (C=O) groups is 1. The average Bonchev–Trinajstić information content (AvgIpc) is 3.09. The van der Waals surface area contributed by atoms with E-state index in [2.05, 4.69) is 15.9 Å². The molecule has 0 unspecified atom stereocenters. The topological polar surface area (TPSA) is 80.0 Å². The number of methoxy groups -OCH3 is 1. The van der Waals surface area contributed by atoms with Gasteiger partial charge in [0.05, 0.1) is 28.6 Å². The Morgan fingerprint density at radius 1 is 1.09 bits per heavy atom. The molecular formula is C24H15BrClNO5. The first-order valence-electron chi connectivity index (χ1n) is 9.62. The maximum Gasteiger partial charge on any atom is 0.295 e. The molecular weight excluding hydrogens is 498 g/mol. The summed E-state index contributed by atoms with van der Waals surface area (Å²) in [6.45, 7) is 0. The number of phenols is 1. The van der Waals surface area contributed by atoms with Gasteiger partial charge in [0.2, 0.25) is 5.76 Å². The van der Waals surface area contributed by atoms with Crippen molar-refractivity contribution in [3.8, 4) is 11.5 Å². The zero-order chi connectivity index (χ0) is 22.6. The van der Waals surface area contributed by atoms with Crippen LogP contribution in [0.2, 0.25) is 5.02 Å². The summed E-state index contributed by atoms with van der Waals surface area (Å²) < 4.78 is 11.6. The van der Waals surface area contributed by atoms with Crippen molar-refractivity contribution in [1.29, 1.82) is 0 Å². The molecule has 2 heterocycles. The Morgan fingerprint density at radius 2 is 1.84 bits per heavy atom. The fourth-order valence-corrected chi connectivity index (χ4v) is 4.65. The van der Waals surface area contributed by atoms with Crippen LogP contribution in [0.15, 0.2) is 74.3 Å². The standard InChI is InChI=1S/C24H15BrClNO5/c1-31-18-10-12(9-16(25)22(18)29)20-19-21(28)15-11-13(26)7-8-17(15)32-23(19)24(30)27(20)14-5-3-2-4-6-14/h2-11,20,29H,1H3/t20-/m1/s1. The number of aromatic hydroxyl groups is 1. The highest BCUT2D eigenvalue weighted by atomic mass is 79.9. The van der Waals surface area contributed by atoms with E-state index in [0.717, 1.165) is 0 Å². The number of phenolic OH excluding ortho intramolecular Hbond substituents is 1. The number of anilines is 1. The summed E-state index contributed by atoms with van der Waals surface area (Å²) in [6.07, 6.45) is 0. The van der Waals surface area contributed by atoms with Gasteiger partial charge in [-0.2, -0.15) is 0 Å². The molecule has 8 heteroatoms. The van der Waals surface area contributed by atoms with Gasteiger partial charge < -0.3 is 14.3 Å². The largest absolute Gasteiger partial charge is 0.503 e. The van der Waals surface area contributed by atoms with Crippen molar-refractivity contribution in [2.75, 3.05) is 12.0 Å². The third-order valence-electron chi connectivity index (χ3n) is 5.45. The minimum Gasteiger partial charge on any atom is -0.503 e. The first-order valence-corrected chi connectivity index (χ1v) is 10.8. The molecule has 1 aromatic heterocycles. The molecule has 0 aliphatic carbocycles. The third-order valence-corrected chi connectivity index (χ3v) is 6.29. The molecule has 0 radical (unpaired) electrons. The quantitative estimate of drug-likeness (QED) is 0.382. The highest BCUT2D eigenvalue weighted by Gasteiger charge is 2.44. The van der Waals surface area contributed by atoms with Gasteiger partial charge in [0.1, 0.15) is 5.58 Å². The van der Waals surface area contributed by atoms with E-state index >= 15 is 0 Å². The smallest absolute Gasteiger partial charge is 0.295 e. The summed E-state index contributed by atoms with van der Waals surface area (Å²) in [5.41, 5.74) is 1.30. The van der Waals surface area contributed by atoms with Crippen LogP contribution >= 0.6 is 27.5 Å². The molecule has 4 aromatic rings. The first-order chi connectivity index (χ1) is 15.4. The van der Waals surface area contributed by atoms with E-state index < -0.39 is 11.9 Å². The van der Waals surface area contributed by atoms with Crippen molar-refractivity contribution in [2.24, 2.45) is 0 Å². The fraction of sp³-hybridized carbons (Fsp3) is 0.0833. The molecule has 0 saturated heterocycles. The number of amides is 1. The van der Waals surface area contributed by atoms with Crippen molar-refractivity contribution < 1.29 is 19.1 Å². The van der Waals surface area contributed by atoms with E-state index in [4.69, 9.17) is 20.8 Å². The molecule has 1 N–H and O–H groups in total. The van der Waals surface area contributed by atoms with Gasteiger partial charge in [-0.15, -0.1) is 0 Å². The Morgan fingerprint density at radius 3 is 2.56 bits per heavy atom. The molecule has 0 bridgehead atoms. The third kappa shape index (κ3) is 3.08. The zero-order valence-corrected chi connectivity index (χ0v) is 19.0. The van der Waals surface area contributed by atoms with Gasteiger partial charge in [-0.25, -0.2) is 0 Å². The molecule has 1 amide bonds. The minimum absolute atomic E-state index is 0.0261. The number of hydrogen-bond donors (Lipinski definition) is 1. The zero-order valence-electron chi connectivity index (χ0n) is 16.6. The fourth-order valence-electron chi connectivity index (χ4n) is 4.02. The van der Waals surface area contributed by atoms with Crippen LogP contribution in [0.1, 0.15) is 27.7 Å². The molecule has 1 atom stereocenters. The second-order valence-corrected chi connectivity index (χ2v) is 8.57. The van der Waals surface area contributed by atoms with E-state index in [-0.39, 0.29) is 39.2 Å². The van der Waals surface area contributed by atoms with Crippen LogP contribution < -0.4 is 15.1 Å². The highest BCUT2D eigenvalue weighted by Crippen LogP contribution is 2.45. The van der Waals surface area contributed by atoms with Gasteiger partial charge in [0.15, 0.2) is 16.9 Å². The Balaban J connectivity index is 1.85. The normalized spacial score (nSPS) is 15.3. The SMILES string of the molecule is COc1cc([C@@H]2c3c(oc4ccc(Cl)cc4c3=O)C(=O)N2c2ccccc2)cc(Br)c1O. The predicted octanol–water partition coefficient (Wildman–Crippen LogP) is 5.67. The number of fused-ring (bicyclic) bond motifs is 2. The van der Waals surface area contributed by atoms with Crippen LogP contribution in [0.5, 0.6) is 11.5 Å². The van der Waals surface area contributed by atoms with Crippen molar-refractivity contribution in [3.05, 3.63) is 97.3 Å². The summed E-state index contributed by atoms with van der Waals surface area (Å²) in [7, 11) is 1.43. The molecule has 6 nitrogen and oxygen atoms in total. The van der Waals surface area contributed by atoms with E-state index in [0.29, 0.717) is 20.7 Å². The second-order valence-electron chi connectivity index (χ2n) is 7.28. The molecule has 1 aliphatic heterocycles. The molecule has 0 spiro atoms. The predicted molar refractivity (Wildman–Crippen MR) is 125 cm³/mol. The van der Waals surface area contributed by atoms with Gasteiger partial charge in [0.25, 0.3) is 5.91 Å². The Kier molecular flexibility index (Phi) is 4.95. The van der Waals surface area contributed by atoms with Crippen molar-refractivity contribution in [2.45, 2.75) is 6.04 Å². The summed E-state index contributed by atoms with van der Waals surface area (Å²) in [5, 5.41) is 10.9. The Hall–Kier alpha value is -3.29. The van der Waals surface area contributed by atoms with Crippen molar-refractivity contribution in [3.63, 3.8) is 0 Å². The lowest BCUT2D eigenvalue weighted by molar-refractivity contribution is 0.0971. The van der Waals surface area contributed by atoms with Crippen LogP contribution in [0.25, 0.3) is 11.0 Å². The minimum atomic E-state index is -0.801. The van der Waals surface area contributed by atoms with E-state index in [1.807, 2.05) is 18.2 Å². The van der Waals surface area contributed by atoms with E-state index in [1.165, 1.54) is 18.1 Å². The van der Waals surface area contributed by atoms with Crippen molar-refractivity contribution in [1.82, 2.24) is 0 Å². The summed E-state index contributed by atoms with van der Waals surface area (Å²) in [4.78, 5) is 28.6. The van der Waals surface area contributed by atoms with Crippen LogP contribution in [0.4, 0.5) is 5.69 Å². The number of rotatable bonds is 3. The maximum atomic E-state index is 13.6. The summed E-state index contributed by atoms with van der Waals surface area (Å²) in [6, 6.07) is 16.2. The number of ether oxygens (including phenoxy) is 1. The number of halogens is 2. The van der Waals surface area contributed by atoms with Crippen LogP contribution in [-0.4, -0.2) is 18.1 Å². The van der Waals surface area contributed by atoms with Gasteiger partial charge in [-0.3, -0.25) is 14.5 Å². The second kappa shape index (κ2) is 7.69.